The van der Waals surface area contributed by atoms with Gasteiger partial charge in [-0.1, -0.05) is 0 Å². The Hall–Kier alpha value is -2.42. The van der Waals surface area contributed by atoms with Crippen LogP contribution in [-0.4, -0.2) is 10.0 Å². The monoisotopic (exact) mass is 208 g/mol. The molecule has 0 aliphatic carbocycles. The maximum Gasteiger partial charge on any atom is 0.314 e. The summed E-state index contributed by atoms with van der Waals surface area (Å²) in [5.41, 5.74) is -0.837. The van der Waals surface area contributed by atoms with Crippen LogP contribution >= 0.6 is 0 Å². The van der Waals surface area contributed by atoms with E-state index in [1.807, 2.05) is 0 Å². The number of aromatic hydroxyl groups is 1. The van der Waals surface area contributed by atoms with Crippen molar-refractivity contribution in [2.45, 2.75) is 0 Å². The van der Waals surface area contributed by atoms with Gasteiger partial charge in [0.25, 0.3) is 0 Å². The van der Waals surface area contributed by atoms with Crippen molar-refractivity contribution in [2.75, 3.05) is 0 Å². The lowest BCUT2D eigenvalue weighted by Gasteiger charge is -2.00. The Balaban J connectivity index is 3.36. The molecule has 6 heteroatoms. The Morgan fingerprint density at radius 1 is 1.60 bits per heavy atom. The third kappa shape index (κ3) is 2.28. The van der Waals surface area contributed by atoms with Crippen LogP contribution in [0.25, 0.3) is 6.08 Å². The topological polar surface area (TPSA) is 87.2 Å². The molecule has 0 saturated heterocycles. The van der Waals surface area contributed by atoms with E-state index < -0.39 is 22.2 Å². The van der Waals surface area contributed by atoms with E-state index in [1.54, 1.807) is 6.07 Å². The molecule has 0 aliphatic rings. The van der Waals surface area contributed by atoms with Crippen molar-refractivity contribution in [2.24, 2.45) is 0 Å². The summed E-state index contributed by atoms with van der Waals surface area (Å²) in [6, 6.07) is 3.14. The van der Waals surface area contributed by atoms with Crippen LogP contribution in [0.1, 0.15) is 5.56 Å². The Bertz CT molecular complexity index is 477. The molecule has 0 aromatic heterocycles. The van der Waals surface area contributed by atoms with Crippen LogP contribution in [-0.2, 0) is 0 Å². The summed E-state index contributed by atoms with van der Waals surface area (Å²) >= 11 is 0. The van der Waals surface area contributed by atoms with E-state index in [0.29, 0.717) is 6.07 Å². The van der Waals surface area contributed by atoms with Crippen molar-refractivity contribution in [3.8, 4) is 11.8 Å². The number of phenolic OH excluding ortho intramolecular Hbond substituents is 1. The van der Waals surface area contributed by atoms with Gasteiger partial charge in [-0.2, -0.15) is 5.26 Å². The number of hydrogen-bond donors (Lipinski definition) is 1. The van der Waals surface area contributed by atoms with E-state index in [1.165, 1.54) is 0 Å². The second-order valence-electron chi connectivity index (χ2n) is 2.58. The van der Waals surface area contributed by atoms with E-state index in [4.69, 9.17) is 5.26 Å². The minimum Gasteiger partial charge on any atom is -0.502 e. The standard InChI is InChI=1S/C9H5FN2O3/c10-7-4-6(2-1-3-11)9(13)8(5-7)12(14)15/h1-2,4-5,13H. The van der Waals surface area contributed by atoms with Crippen molar-refractivity contribution in [3.05, 3.63) is 39.7 Å². The zero-order chi connectivity index (χ0) is 11.4. The van der Waals surface area contributed by atoms with Gasteiger partial charge in [-0.05, 0) is 12.1 Å². The molecule has 0 aliphatic heterocycles. The van der Waals surface area contributed by atoms with Crippen LogP contribution < -0.4 is 0 Å². The SMILES string of the molecule is N#CC=Cc1cc(F)cc([N+](=O)[O-])c1O. The summed E-state index contributed by atoms with van der Waals surface area (Å²) in [4.78, 5) is 9.49. The lowest BCUT2D eigenvalue weighted by Crippen LogP contribution is -1.91. The number of nitro groups is 1. The second kappa shape index (κ2) is 4.19. The highest BCUT2D eigenvalue weighted by Gasteiger charge is 2.17. The molecule has 0 amide bonds. The number of allylic oxidation sites excluding steroid dienone is 1. The van der Waals surface area contributed by atoms with E-state index in [9.17, 15) is 19.6 Å². The van der Waals surface area contributed by atoms with Crippen molar-refractivity contribution < 1.29 is 14.4 Å². The predicted molar refractivity (Wildman–Crippen MR) is 49.4 cm³/mol. The Labute approximate surface area is 83.8 Å². The Morgan fingerprint density at radius 3 is 2.80 bits per heavy atom. The zero-order valence-electron chi connectivity index (χ0n) is 7.35. The average Bonchev–Trinajstić information content (AvgIpc) is 2.18. The minimum absolute atomic E-state index is 0.108. The summed E-state index contributed by atoms with van der Waals surface area (Å²) in [6.07, 6.45) is 2.07. The van der Waals surface area contributed by atoms with Crippen LogP contribution in [0.5, 0.6) is 5.75 Å². The lowest BCUT2D eigenvalue weighted by molar-refractivity contribution is -0.386. The fourth-order valence-corrected chi connectivity index (χ4v) is 0.999. The smallest absolute Gasteiger partial charge is 0.314 e. The molecule has 15 heavy (non-hydrogen) atoms. The van der Waals surface area contributed by atoms with Crippen LogP contribution in [0.3, 0.4) is 0 Å². The first-order chi connectivity index (χ1) is 7.06. The second-order valence-corrected chi connectivity index (χ2v) is 2.58. The fourth-order valence-electron chi connectivity index (χ4n) is 0.999. The summed E-state index contributed by atoms with van der Waals surface area (Å²) in [7, 11) is 0. The minimum atomic E-state index is -0.901. The van der Waals surface area contributed by atoms with Gasteiger partial charge >= 0.3 is 5.69 Å². The van der Waals surface area contributed by atoms with E-state index in [-0.39, 0.29) is 5.56 Å². The van der Waals surface area contributed by atoms with Gasteiger partial charge < -0.3 is 5.11 Å². The third-order valence-electron chi connectivity index (χ3n) is 1.62. The molecule has 0 bridgehead atoms. The third-order valence-corrected chi connectivity index (χ3v) is 1.62. The summed E-state index contributed by atoms with van der Waals surface area (Å²) in [5, 5.41) is 28.0. The average molecular weight is 208 g/mol. The summed E-state index contributed by atoms with van der Waals surface area (Å²) < 4.78 is 12.9. The van der Waals surface area contributed by atoms with Crippen molar-refractivity contribution >= 4 is 11.8 Å². The number of phenols is 1. The van der Waals surface area contributed by atoms with Gasteiger partial charge in [-0.15, -0.1) is 0 Å². The van der Waals surface area contributed by atoms with Gasteiger partial charge in [0.15, 0.2) is 0 Å². The van der Waals surface area contributed by atoms with Crippen molar-refractivity contribution in [3.63, 3.8) is 0 Å². The maximum absolute atomic E-state index is 12.9. The Kier molecular flexibility index (Phi) is 2.98. The molecule has 1 rings (SSSR count). The highest BCUT2D eigenvalue weighted by Crippen LogP contribution is 2.31. The van der Waals surface area contributed by atoms with E-state index in [0.717, 1.165) is 18.2 Å². The van der Waals surface area contributed by atoms with Gasteiger partial charge in [0.1, 0.15) is 5.82 Å². The number of halogens is 1. The fraction of sp³-hybridized carbons (Fsp3) is 0. The number of nitrogens with zero attached hydrogens (tertiary/aromatic N) is 2. The van der Waals surface area contributed by atoms with Gasteiger partial charge in [0, 0.05) is 11.6 Å². The largest absolute Gasteiger partial charge is 0.502 e. The molecule has 0 saturated carbocycles. The normalized spacial score (nSPS) is 10.1. The van der Waals surface area contributed by atoms with Gasteiger partial charge in [-0.25, -0.2) is 4.39 Å². The zero-order valence-corrected chi connectivity index (χ0v) is 7.35. The number of hydrogen-bond acceptors (Lipinski definition) is 4. The lowest BCUT2D eigenvalue weighted by atomic mass is 10.1. The molecule has 0 heterocycles. The van der Waals surface area contributed by atoms with Gasteiger partial charge in [0.2, 0.25) is 5.75 Å². The number of nitriles is 1. The molecule has 5 nitrogen and oxygen atoms in total. The molecular formula is C9H5FN2O3. The van der Waals surface area contributed by atoms with Crippen LogP contribution in [0.15, 0.2) is 18.2 Å². The highest BCUT2D eigenvalue weighted by molar-refractivity contribution is 5.65. The number of nitro benzene ring substituents is 1. The highest BCUT2D eigenvalue weighted by atomic mass is 19.1. The molecule has 1 N–H and O–H groups in total. The molecular weight excluding hydrogens is 203 g/mol. The van der Waals surface area contributed by atoms with Crippen molar-refractivity contribution in [1.29, 1.82) is 5.26 Å². The van der Waals surface area contributed by atoms with Gasteiger partial charge in [0.05, 0.1) is 17.1 Å². The maximum atomic E-state index is 12.9. The number of benzene rings is 1. The first-order valence-electron chi connectivity index (χ1n) is 3.79. The quantitative estimate of drug-likeness (QED) is 0.457. The number of rotatable bonds is 2. The molecule has 1 aromatic carbocycles. The predicted octanol–water partition coefficient (Wildman–Crippen LogP) is 1.98. The van der Waals surface area contributed by atoms with Gasteiger partial charge in [-0.3, -0.25) is 10.1 Å². The summed E-state index contributed by atoms with van der Waals surface area (Å²) in [5.74, 6) is -1.51. The molecule has 0 spiro atoms. The van der Waals surface area contributed by atoms with Crippen molar-refractivity contribution in [1.82, 2.24) is 0 Å². The van der Waals surface area contributed by atoms with Crippen LogP contribution in [0.4, 0.5) is 10.1 Å². The Morgan fingerprint density at radius 2 is 2.27 bits per heavy atom. The molecule has 0 fully saturated rings. The van der Waals surface area contributed by atoms with Crippen LogP contribution in [0.2, 0.25) is 0 Å². The summed E-state index contributed by atoms with van der Waals surface area (Å²) in [6.45, 7) is 0. The molecule has 1 aromatic rings. The molecule has 0 atom stereocenters. The molecule has 0 unspecified atom stereocenters. The van der Waals surface area contributed by atoms with Crippen LogP contribution in [0, 0.1) is 27.3 Å². The molecule has 0 radical (unpaired) electrons. The first-order valence-corrected chi connectivity index (χ1v) is 3.79. The van der Waals surface area contributed by atoms with E-state index >= 15 is 0 Å². The molecule has 76 valence electrons. The van der Waals surface area contributed by atoms with E-state index in [2.05, 4.69) is 0 Å². The first kappa shape index (κ1) is 10.7.